The fourth-order valence-electron chi connectivity index (χ4n) is 16.2. The lowest BCUT2D eigenvalue weighted by atomic mass is 9.95. The number of hydrogen-bond acceptors (Lipinski definition) is 44. The van der Waals surface area contributed by atoms with Crippen LogP contribution in [0.15, 0.2) is 77.3 Å². The Labute approximate surface area is 750 Å². The van der Waals surface area contributed by atoms with Crippen molar-refractivity contribution in [1.29, 1.82) is 5.26 Å². The summed E-state index contributed by atoms with van der Waals surface area (Å²) < 4.78 is 118. The van der Waals surface area contributed by atoms with Gasteiger partial charge in [0.15, 0.2) is 55.5 Å². The van der Waals surface area contributed by atoms with Gasteiger partial charge in [0, 0.05) is 12.2 Å². The topological polar surface area (TPSA) is 660 Å². The van der Waals surface area contributed by atoms with Gasteiger partial charge >= 0.3 is 5.97 Å². The van der Waals surface area contributed by atoms with Crippen LogP contribution >= 0.6 is 23.2 Å². The molecular weight excluding hydrogens is 1770 g/mol. The van der Waals surface area contributed by atoms with Gasteiger partial charge in [-0.2, -0.15) is 5.26 Å². The number of para-hydroxylation sites is 1. The number of carbonyl (C=O) groups excluding carboxylic acids is 1. The largest absolute Gasteiger partial charge is 0.457 e. The maximum atomic E-state index is 12.6. The van der Waals surface area contributed by atoms with Crippen molar-refractivity contribution in [3.8, 4) is 29.1 Å². The maximum Gasteiger partial charge on any atom is 0.311 e. The first-order valence-corrected chi connectivity index (χ1v) is 43.2. The van der Waals surface area contributed by atoms with E-state index in [9.17, 15) is 117 Å². The summed E-state index contributed by atoms with van der Waals surface area (Å²) in [7, 11) is 0. The molecule has 21 N–H and O–H groups in total. The summed E-state index contributed by atoms with van der Waals surface area (Å²) in [5, 5.41) is 240. The van der Waals surface area contributed by atoms with E-state index in [4.69, 9.17) is 123 Å². The number of nitriles is 1. The number of esters is 1. The van der Waals surface area contributed by atoms with Gasteiger partial charge in [0.05, 0.1) is 85.2 Å². The van der Waals surface area contributed by atoms with Crippen molar-refractivity contribution in [2.75, 3.05) is 86.1 Å². The number of nitrogens with zero attached hydrogens (tertiary/aromatic N) is 1. The molecule has 728 valence electrons. The number of aliphatic hydroxyl groups excluding tert-OH is 21. The molecule has 0 unspecified atom stereocenters. The van der Waals surface area contributed by atoms with E-state index in [1.54, 1.807) is 30.3 Å². The molecule has 26 rings (SSSR count). The average molecular weight is 1890 g/mol. The minimum atomic E-state index is -2.21. The van der Waals surface area contributed by atoms with E-state index in [-0.39, 0.29) is 21.7 Å². The molecule has 0 amide bonds. The van der Waals surface area contributed by atoms with Gasteiger partial charge in [-0.25, -0.2) is 0 Å². The molecule has 14 bridgehead atoms. The number of rotatable bonds is 26. The number of carbonyl (C=O) groups is 1. The van der Waals surface area contributed by atoms with Gasteiger partial charge in [0.2, 0.25) is 12.9 Å². The van der Waals surface area contributed by atoms with Crippen molar-refractivity contribution >= 4 is 29.2 Å². The monoisotopic (exact) mass is 1890 g/mol. The highest BCUT2D eigenvalue weighted by Crippen LogP contribution is 2.60. The van der Waals surface area contributed by atoms with Crippen LogP contribution in [0.1, 0.15) is 69.8 Å². The Morgan fingerprint density at radius 2 is 0.752 bits per heavy atom. The number of aliphatic hydroxyl groups is 21. The Balaban J connectivity index is 0.000000249. The molecule has 1 aliphatic carbocycles. The third-order valence-corrected chi connectivity index (χ3v) is 23.9. The predicted octanol–water partition coefficient (Wildman–Crippen LogP) is -5.33. The van der Waals surface area contributed by atoms with E-state index in [0.717, 1.165) is 43.8 Å². The maximum absolute atomic E-state index is 12.6. The van der Waals surface area contributed by atoms with Crippen molar-refractivity contribution in [2.45, 2.75) is 281 Å². The quantitative estimate of drug-likeness (QED) is 0.0264. The number of unbranched alkanes of at least 4 members (excludes halogenated alkanes) is 1. The SMILES string of the molecule is CC1(C)[C@H](C=C(Cl)Cl)[C@@H]1C(=O)O[C@@H](C#N)c1cccc(Oc2ccccc2)c1.CCCCOCCOCCOCc1cc2c(cc1CCC)OCO2.OC[C@H]1O[C@@H]2O[C@H]3[C@H](O)[C@@H](O)[C@@H](O[C@H]4[C@H](O)[C@@H](O)[C@@H](O[C@H]5[C@H](O)[C@@H](O)[C@@H](O[C@H]6[C@H](O)[C@@H](O)[C@@H](O[C@H]7[C@H](O)[C@@H](O)[C@@H](O[C@H]8[C@H](O)[C@@H](O)[C@@H](O[C@H]1[C@H](O)[C@H]2O)O[C@@H]8CO)O[C@@H]7CO)O[C@@H]6CO)O[C@@H]5CO)O[C@@H]4CO)O[C@@H]3CO. The van der Waals surface area contributed by atoms with Crippen molar-refractivity contribution in [3.05, 3.63) is 94.0 Å². The first-order valence-electron chi connectivity index (χ1n) is 42.4. The molecule has 22 aliphatic heterocycles. The van der Waals surface area contributed by atoms with Gasteiger partial charge in [-0.05, 0) is 77.8 Å². The molecule has 3 aromatic carbocycles. The van der Waals surface area contributed by atoms with Gasteiger partial charge < -0.3 is 207 Å². The number of aryl methyl sites for hydroxylation is 1. The lowest BCUT2D eigenvalue weighted by molar-refractivity contribution is -0.396. The zero-order chi connectivity index (χ0) is 93.4. The summed E-state index contributed by atoms with van der Waals surface area (Å²) in [4.78, 5) is 12.6. The highest BCUT2D eigenvalue weighted by atomic mass is 35.5. The summed E-state index contributed by atoms with van der Waals surface area (Å²) in [6, 6.07) is 22.4. The number of hydrogen-bond donors (Lipinski definition) is 21. The van der Waals surface area contributed by atoms with E-state index >= 15 is 0 Å². The van der Waals surface area contributed by atoms with Crippen LogP contribution in [0.5, 0.6) is 23.0 Å². The van der Waals surface area contributed by atoms with Gasteiger partial charge in [0.25, 0.3) is 0 Å². The molecule has 129 heavy (non-hydrogen) atoms. The second-order valence-electron chi connectivity index (χ2n) is 32.7. The molecule has 3 aromatic rings. The van der Waals surface area contributed by atoms with E-state index < -0.39 is 273 Å². The van der Waals surface area contributed by atoms with Crippen LogP contribution in [0.3, 0.4) is 0 Å². The molecule has 1 saturated carbocycles. The van der Waals surface area contributed by atoms with E-state index in [0.29, 0.717) is 56.9 Å². The van der Waals surface area contributed by atoms with Crippen LogP contribution in [-0.2, 0) is 103 Å². The Morgan fingerprint density at radius 1 is 0.426 bits per heavy atom. The van der Waals surface area contributed by atoms with Crippen LogP contribution in [0.4, 0.5) is 0 Å². The zero-order valence-corrected chi connectivity index (χ0v) is 72.2. The molecule has 46 heteroatoms. The number of fused-ring (bicyclic) bond motifs is 1. The molecular formula is C83H119Cl2NO43. The fraction of sp³-hybridized carbons (Fsp3) is 0.735. The predicted molar refractivity (Wildman–Crippen MR) is 429 cm³/mol. The van der Waals surface area contributed by atoms with Crippen molar-refractivity contribution in [3.63, 3.8) is 0 Å². The number of benzene rings is 3. The van der Waals surface area contributed by atoms with E-state index in [2.05, 4.69) is 19.9 Å². The van der Waals surface area contributed by atoms with Crippen LogP contribution in [0.2, 0.25) is 0 Å². The van der Waals surface area contributed by atoms with Crippen LogP contribution in [0, 0.1) is 28.6 Å². The number of halogens is 2. The Hall–Kier alpha value is -5.18. The summed E-state index contributed by atoms with van der Waals surface area (Å²) in [6.45, 7) is 5.02. The van der Waals surface area contributed by atoms with Crippen LogP contribution < -0.4 is 14.2 Å². The normalized spacial score (nSPS) is 39.8. The van der Waals surface area contributed by atoms with E-state index in [1.165, 1.54) is 11.1 Å². The first-order chi connectivity index (χ1) is 61.8. The Bertz CT molecular complexity index is 3610. The molecule has 0 aromatic heterocycles. The van der Waals surface area contributed by atoms with Crippen molar-refractivity contribution < 1.29 is 212 Å². The third-order valence-electron chi connectivity index (χ3n) is 23.6. The third kappa shape index (κ3) is 25.0. The molecule has 0 spiro atoms. The first kappa shape index (κ1) is 104. The summed E-state index contributed by atoms with van der Waals surface area (Å²) in [5.41, 5.74) is 2.67. The Morgan fingerprint density at radius 3 is 1.07 bits per heavy atom. The second kappa shape index (κ2) is 48.5. The second-order valence-corrected chi connectivity index (χ2v) is 33.7. The van der Waals surface area contributed by atoms with Gasteiger partial charge in [-0.3, -0.25) is 4.79 Å². The van der Waals surface area contributed by atoms with Crippen molar-refractivity contribution in [2.24, 2.45) is 17.3 Å². The van der Waals surface area contributed by atoms with Crippen LogP contribution in [-0.4, -0.2) is 414 Å². The van der Waals surface area contributed by atoms with Gasteiger partial charge in [-0.15, -0.1) is 0 Å². The summed E-state index contributed by atoms with van der Waals surface area (Å²) >= 11 is 11.5. The van der Waals surface area contributed by atoms with Crippen molar-refractivity contribution in [1.82, 2.24) is 0 Å². The van der Waals surface area contributed by atoms with Gasteiger partial charge in [0.1, 0.15) is 193 Å². The van der Waals surface area contributed by atoms with Gasteiger partial charge in [-0.1, -0.05) is 94.1 Å². The molecule has 0 radical (unpaired) electrons. The Kier molecular flexibility index (Phi) is 39.2. The number of ether oxygens (including phenoxy) is 21. The standard InChI is InChI=1S/C42H70O35.C22H19Cl2NO3.C19H30O5/c43-1-8-29-15(50)22(57)36(64-8)72-30-9(2-44)66-38(24(59)17(30)52)74-32-11(4-46)68-40(26(61)19(32)54)76-34-13(6-48)70-42(28(63)21(34)56)77-35-14(7-49)69-41(27(62)20(35)55)75-33-12(5-47)67-39(25(60)18(33)53)73-31-10(3-45)65-37(71-29)23(58)16(31)51;1-22(2)17(12-19(23)24)20(22)21(26)28-18(13-25)14-7-6-10-16(11-14)27-15-8-4-3-5-9-15;1-3-5-7-20-8-9-21-10-11-22-14-17-13-19-18(23-15-24-19)12-16(17)6-4-2/h8-63H,1-7H2;3-12,17-18,20H,1-2H3;12-13H,3-11,14-15H2,1-2H3/t8-,9-,10-,11-,12-,13-,14-,15-,16-,17-,18-,19-,20-,21-,22-,23-,24-,25-,26-,27-,28-,29-,30-,31-,32-,33-,34-,35-,36-,37-,38-,39-,40-,41-,42-;17-,18+,20-;/m11./s1. The highest BCUT2D eigenvalue weighted by Gasteiger charge is 2.63. The van der Waals surface area contributed by atoms with Crippen LogP contribution in [0.25, 0.3) is 0 Å². The number of allylic oxidation sites excluding steroid dienone is 1. The fourth-order valence-corrected chi connectivity index (χ4v) is 16.5. The molecule has 23 aliphatic rings. The summed E-state index contributed by atoms with van der Waals surface area (Å²) in [5.74, 6) is 1.94. The van der Waals surface area contributed by atoms with E-state index in [1.807, 2.05) is 56.3 Å². The molecule has 21 saturated heterocycles. The summed E-state index contributed by atoms with van der Waals surface area (Å²) in [6.07, 6.45) is -65.2. The minimum absolute atomic E-state index is 0.114. The highest BCUT2D eigenvalue weighted by molar-refractivity contribution is 6.55. The molecule has 22 fully saturated rings. The smallest absolute Gasteiger partial charge is 0.311 e. The molecule has 38 atom stereocenters. The zero-order valence-electron chi connectivity index (χ0n) is 70.7. The lowest BCUT2D eigenvalue weighted by Gasteiger charge is -2.50. The lowest BCUT2D eigenvalue weighted by Crippen LogP contribution is -2.68. The minimum Gasteiger partial charge on any atom is -0.457 e. The average Bonchev–Trinajstić information content (AvgIpc) is 1.56. The molecule has 22 heterocycles. The molecule has 44 nitrogen and oxygen atoms in total.